The van der Waals surface area contributed by atoms with Gasteiger partial charge in [0, 0.05) is 12.1 Å². The highest BCUT2D eigenvalue weighted by Crippen LogP contribution is 2.10. The quantitative estimate of drug-likeness (QED) is 0.550. The molecule has 0 heterocycles. The van der Waals surface area contributed by atoms with Gasteiger partial charge < -0.3 is 4.90 Å². The Morgan fingerprint density at radius 1 is 1.17 bits per heavy atom. The van der Waals surface area contributed by atoms with Gasteiger partial charge in [0.05, 0.1) is 0 Å². The van der Waals surface area contributed by atoms with E-state index in [0.29, 0.717) is 12.1 Å². The Bertz CT molecular complexity index is 128. The van der Waals surface area contributed by atoms with Gasteiger partial charge in [-0.15, -0.1) is 13.2 Å². The summed E-state index contributed by atoms with van der Waals surface area (Å²) in [5.41, 5.74) is 0. The molecule has 0 fully saturated rings. The van der Waals surface area contributed by atoms with Gasteiger partial charge in [-0.05, 0) is 33.7 Å². The minimum absolute atomic E-state index is 0.569. The van der Waals surface area contributed by atoms with Crippen molar-refractivity contribution in [3.05, 3.63) is 25.3 Å². The molecule has 70 valence electrons. The van der Waals surface area contributed by atoms with E-state index < -0.39 is 0 Å². The summed E-state index contributed by atoms with van der Waals surface area (Å²) in [6.07, 6.45) is 6.04. The van der Waals surface area contributed by atoms with E-state index in [0.717, 1.165) is 12.8 Å². The molecule has 0 aromatic carbocycles. The van der Waals surface area contributed by atoms with E-state index in [-0.39, 0.29) is 0 Å². The van der Waals surface area contributed by atoms with E-state index in [1.54, 1.807) is 0 Å². The zero-order valence-electron chi connectivity index (χ0n) is 8.59. The van der Waals surface area contributed by atoms with Crippen LogP contribution in [0.15, 0.2) is 25.3 Å². The zero-order valence-corrected chi connectivity index (χ0v) is 8.59. The second-order valence-electron chi connectivity index (χ2n) is 3.46. The van der Waals surface area contributed by atoms with Gasteiger partial charge in [0.2, 0.25) is 0 Å². The Kier molecular flexibility index (Phi) is 5.73. The predicted molar refractivity (Wildman–Crippen MR) is 56.3 cm³/mol. The van der Waals surface area contributed by atoms with Crippen molar-refractivity contribution in [3.63, 3.8) is 0 Å². The van der Waals surface area contributed by atoms with Crippen molar-refractivity contribution in [1.82, 2.24) is 4.90 Å². The fraction of sp³-hybridized carbons (Fsp3) is 0.636. The van der Waals surface area contributed by atoms with Crippen LogP contribution < -0.4 is 0 Å². The van der Waals surface area contributed by atoms with Crippen LogP contribution in [0.3, 0.4) is 0 Å². The lowest BCUT2D eigenvalue weighted by molar-refractivity contribution is 0.197. The molecule has 12 heavy (non-hydrogen) atoms. The van der Waals surface area contributed by atoms with E-state index in [1.165, 1.54) is 0 Å². The summed E-state index contributed by atoms with van der Waals surface area (Å²) < 4.78 is 0. The smallest absolute Gasteiger partial charge is 0.0164 e. The molecule has 0 bridgehead atoms. The van der Waals surface area contributed by atoms with E-state index in [2.05, 4.69) is 39.0 Å². The van der Waals surface area contributed by atoms with Crippen molar-refractivity contribution in [2.24, 2.45) is 0 Å². The van der Waals surface area contributed by atoms with Crippen LogP contribution in [0, 0.1) is 0 Å². The molecule has 1 heteroatoms. The number of nitrogens with zero attached hydrogens (tertiary/aromatic N) is 1. The molecule has 0 saturated carbocycles. The lowest BCUT2D eigenvalue weighted by atomic mass is 10.1. The van der Waals surface area contributed by atoms with Gasteiger partial charge in [0.25, 0.3) is 0 Å². The highest BCUT2D eigenvalue weighted by atomic mass is 15.1. The van der Waals surface area contributed by atoms with Crippen molar-refractivity contribution in [2.45, 2.75) is 38.8 Å². The van der Waals surface area contributed by atoms with Crippen LogP contribution in [-0.2, 0) is 0 Å². The Balaban J connectivity index is 4.06. The first-order valence-electron chi connectivity index (χ1n) is 4.57. The molecule has 0 radical (unpaired) electrons. The summed E-state index contributed by atoms with van der Waals surface area (Å²) in [6, 6.07) is 1.16. The van der Waals surface area contributed by atoms with Gasteiger partial charge >= 0.3 is 0 Å². The average Bonchev–Trinajstić information content (AvgIpc) is 2.03. The van der Waals surface area contributed by atoms with Crippen LogP contribution in [0.1, 0.15) is 26.7 Å². The molecule has 0 aliphatic rings. The maximum atomic E-state index is 3.76. The molecule has 0 amide bonds. The first-order valence-corrected chi connectivity index (χ1v) is 4.57. The van der Waals surface area contributed by atoms with Gasteiger partial charge in [0.1, 0.15) is 0 Å². The molecule has 0 unspecified atom stereocenters. The van der Waals surface area contributed by atoms with Gasteiger partial charge in [-0.3, -0.25) is 0 Å². The number of hydrogen-bond donors (Lipinski definition) is 0. The van der Waals surface area contributed by atoms with Crippen molar-refractivity contribution in [2.75, 3.05) is 7.05 Å². The highest BCUT2D eigenvalue weighted by molar-refractivity contribution is 4.85. The summed E-state index contributed by atoms with van der Waals surface area (Å²) in [6.45, 7) is 11.9. The molecule has 0 aromatic rings. The Morgan fingerprint density at radius 2 is 1.58 bits per heavy atom. The minimum atomic E-state index is 0.569. The molecule has 0 rings (SSSR count). The Morgan fingerprint density at radius 3 is 1.83 bits per heavy atom. The summed E-state index contributed by atoms with van der Waals surface area (Å²) >= 11 is 0. The Labute approximate surface area is 76.8 Å². The largest absolute Gasteiger partial charge is 0.300 e. The van der Waals surface area contributed by atoms with Crippen molar-refractivity contribution >= 4 is 0 Å². The van der Waals surface area contributed by atoms with Crippen molar-refractivity contribution in [3.8, 4) is 0 Å². The van der Waals surface area contributed by atoms with Crippen LogP contribution in [0.25, 0.3) is 0 Å². The Hall–Kier alpha value is -0.560. The summed E-state index contributed by atoms with van der Waals surface area (Å²) in [5, 5.41) is 0. The lowest BCUT2D eigenvalue weighted by Gasteiger charge is -2.29. The van der Waals surface area contributed by atoms with E-state index in [9.17, 15) is 0 Å². The second kappa shape index (κ2) is 6.01. The molecule has 0 spiro atoms. The second-order valence-corrected chi connectivity index (χ2v) is 3.46. The standard InChI is InChI=1S/C11H21N/c1-6-8-11(9-7-2)12(5)10(3)4/h6-7,10-11H,1-2,8-9H2,3-5H3. The number of hydrogen-bond acceptors (Lipinski definition) is 1. The molecule has 0 N–H and O–H groups in total. The fourth-order valence-corrected chi connectivity index (χ4v) is 1.24. The molecule has 0 saturated heterocycles. The third-order valence-electron chi connectivity index (χ3n) is 2.27. The molecular weight excluding hydrogens is 146 g/mol. The highest BCUT2D eigenvalue weighted by Gasteiger charge is 2.13. The monoisotopic (exact) mass is 167 g/mol. The zero-order chi connectivity index (χ0) is 9.56. The van der Waals surface area contributed by atoms with E-state index in [4.69, 9.17) is 0 Å². The molecule has 1 nitrogen and oxygen atoms in total. The van der Waals surface area contributed by atoms with Gasteiger partial charge in [0.15, 0.2) is 0 Å². The first kappa shape index (κ1) is 11.4. The minimum Gasteiger partial charge on any atom is -0.300 e. The van der Waals surface area contributed by atoms with Crippen LogP contribution in [-0.4, -0.2) is 24.0 Å². The molecule has 0 aliphatic heterocycles. The van der Waals surface area contributed by atoms with Crippen LogP contribution in [0.4, 0.5) is 0 Å². The number of rotatable bonds is 6. The van der Waals surface area contributed by atoms with Gasteiger partial charge in [-0.2, -0.15) is 0 Å². The molecule has 0 atom stereocenters. The van der Waals surface area contributed by atoms with Gasteiger partial charge in [-0.25, -0.2) is 0 Å². The third kappa shape index (κ3) is 3.72. The predicted octanol–water partition coefficient (Wildman–Crippen LogP) is 2.85. The summed E-state index contributed by atoms with van der Waals surface area (Å²) in [7, 11) is 2.16. The van der Waals surface area contributed by atoms with E-state index >= 15 is 0 Å². The van der Waals surface area contributed by atoms with E-state index in [1.807, 2.05) is 12.2 Å². The lowest BCUT2D eigenvalue weighted by Crippen LogP contribution is -2.36. The summed E-state index contributed by atoms with van der Waals surface area (Å²) in [4.78, 5) is 2.36. The maximum absolute atomic E-state index is 3.76. The fourth-order valence-electron chi connectivity index (χ4n) is 1.24. The van der Waals surface area contributed by atoms with Crippen LogP contribution in [0.2, 0.25) is 0 Å². The molecule has 0 aliphatic carbocycles. The van der Waals surface area contributed by atoms with Crippen LogP contribution >= 0.6 is 0 Å². The average molecular weight is 167 g/mol. The molecule has 0 aromatic heterocycles. The topological polar surface area (TPSA) is 3.24 Å². The van der Waals surface area contributed by atoms with Crippen molar-refractivity contribution < 1.29 is 0 Å². The first-order chi connectivity index (χ1) is 5.63. The van der Waals surface area contributed by atoms with Crippen molar-refractivity contribution in [1.29, 1.82) is 0 Å². The third-order valence-corrected chi connectivity index (χ3v) is 2.27. The normalized spacial score (nSPS) is 11.2. The summed E-state index contributed by atoms with van der Waals surface area (Å²) in [5.74, 6) is 0. The maximum Gasteiger partial charge on any atom is 0.0164 e. The molecular formula is C11H21N. The van der Waals surface area contributed by atoms with Gasteiger partial charge in [-0.1, -0.05) is 12.2 Å². The SMILES string of the molecule is C=CCC(CC=C)N(C)C(C)C. The van der Waals surface area contributed by atoms with Crippen LogP contribution in [0.5, 0.6) is 0 Å².